The Morgan fingerprint density at radius 2 is 1.96 bits per heavy atom. The predicted molar refractivity (Wildman–Crippen MR) is 105 cm³/mol. The molecule has 138 valence electrons. The van der Waals surface area contributed by atoms with Gasteiger partial charge in [-0.25, -0.2) is 0 Å². The number of benzene rings is 2. The Labute approximate surface area is 159 Å². The average Bonchev–Trinajstić information content (AvgIpc) is 3.28. The van der Waals surface area contributed by atoms with Crippen LogP contribution in [0.15, 0.2) is 53.1 Å². The molecule has 2 heterocycles. The predicted octanol–water partition coefficient (Wildman–Crippen LogP) is 4.69. The van der Waals surface area contributed by atoms with Gasteiger partial charge in [0.2, 0.25) is 5.91 Å². The molecular formula is C22H23N3O2. The maximum absolute atomic E-state index is 12.6. The quantitative estimate of drug-likeness (QED) is 0.676. The second-order valence-corrected chi connectivity index (χ2v) is 7.48. The molecule has 1 aliphatic heterocycles. The van der Waals surface area contributed by atoms with Crippen molar-refractivity contribution in [1.82, 2.24) is 10.1 Å². The van der Waals surface area contributed by atoms with Crippen LogP contribution in [0, 0.1) is 6.92 Å². The summed E-state index contributed by atoms with van der Waals surface area (Å²) < 4.78 is 5.45. The minimum Gasteiger partial charge on any atom is -0.334 e. The third kappa shape index (κ3) is 3.50. The standard InChI is InChI=1S/C22H23N3O2/c1-14(2)16-7-5-9-19(11-16)25-13-18(12-20(25)26)21-23-22(27-24-21)17-8-4-6-15(3)10-17/h4-11,14,18H,12-13H2,1-3H3. The monoisotopic (exact) mass is 361 g/mol. The zero-order valence-corrected chi connectivity index (χ0v) is 15.8. The lowest BCUT2D eigenvalue weighted by molar-refractivity contribution is -0.117. The highest BCUT2D eigenvalue weighted by Crippen LogP contribution is 2.32. The molecule has 1 atom stereocenters. The largest absolute Gasteiger partial charge is 0.334 e. The Bertz CT molecular complexity index is 977. The van der Waals surface area contributed by atoms with Gasteiger partial charge in [-0.05, 0) is 42.7 Å². The van der Waals surface area contributed by atoms with Crippen LogP contribution in [0.4, 0.5) is 5.69 Å². The van der Waals surface area contributed by atoms with Gasteiger partial charge in [0.25, 0.3) is 5.89 Å². The van der Waals surface area contributed by atoms with Crippen molar-refractivity contribution in [1.29, 1.82) is 0 Å². The molecule has 0 aliphatic carbocycles. The lowest BCUT2D eigenvalue weighted by atomic mass is 10.0. The molecule has 0 spiro atoms. The fraction of sp³-hybridized carbons (Fsp3) is 0.318. The maximum Gasteiger partial charge on any atom is 0.257 e. The van der Waals surface area contributed by atoms with Crippen LogP contribution in [0.2, 0.25) is 0 Å². The molecule has 27 heavy (non-hydrogen) atoms. The minimum atomic E-state index is -0.0532. The summed E-state index contributed by atoms with van der Waals surface area (Å²) in [5, 5.41) is 4.15. The summed E-state index contributed by atoms with van der Waals surface area (Å²) in [5.74, 6) is 1.57. The lowest BCUT2D eigenvalue weighted by Crippen LogP contribution is -2.24. The van der Waals surface area contributed by atoms with Gasteiger partial charge in [-0.1, -0.05) is 48.8 Å². The Morgan fingerprint density at radius 1 is 1.15 bits per heavy atom. The Morgan fingerprint density at radius 3 is 2.74 bits per heavy atom. The summed E-state index contributed by atoms with van der Waals surface area (Å²) in [6.07, 6.45) is 0.401. The molecule has 1 unspecified atom stereocenters. The van der Waals surface area contributed by atoms with Crippen molar-refractivity contribution in [3.8, 4) is 11.5 Å². The van der Waals surface area contributed by atoms with Crippen LogP contribution >= 0.6 is 0 Å². The first-order chi connectivity index (χ1) is 13.0. The van der Waals surface area contributed by atoms with Crippen molar-refractivity contribution in [3.63, 3.8) is 0 Å². The fourth-order valence-corrected chi connectivity index (χ4v) is 3.48. The topological polar surface area (TPSA) is 59.2 Å². The van der Waals surface area contributed by atoms with E-state index in [4.69, 9.17) is 4.52 Å². The van der Waals surface area contributed by atoms with Gasteiger partial charge in [0.05, 0.1) is 0 Å². The van der Waals surface area contributed by atoms with E-state index in [-0.39, 0.29) is 11.8 Å². The number of hydrogen-bond acceptors (Lipinski definition) is 4. The molecule has 0 N–H and O–H groups in total. The number of nitrogens with zero attached hydrogens (tertiary/aromatic N) is 3. The van der Waals surface area contributed by atoms with Crippen molar-refractivity contribution >= 4 is 11.6 Å². The summed E-state index contributed by atoms with van der Waals surface area (Å²) >= 11 is 0. The van der Waals surface area contributed by atoms with E-state index in [9.17, 15) is 4.79 Å². The highest BCUT2D eigenvalue weighted by Gasteiger charge is 2.34. The maximum atomic E-state index is 12.6. The SMILES string of the molecule is Cc1cccc(-c2nc(C3CC(=O)N(c4cccc(C(C)C)c4)C3)no2)c1. The number of amides is 1. The zero-order chi connectivity index (χ0) is 19.0. The summed E-state index contributed by atoms with van der Waals surface area (Å²) in [6, 6.07) is 16.2. The molecule has 1 fully saturated rings. The van der Waals surface area contributed by atoms with Crippen LogP contribution in [0.25, 0.3) is 11.5 Å². The molecule has 3 aromatic rings. The molecule has 5 nitrogen and oxygen atoms in total. The molecule has 1 saturated heterocycles. The van der Waals surface area contributed by atoms with Crippen molar-refractivity contribution in [2.24, 2.45) is 0 Å². The Kier molecular flexibility index (Phi) is 4.52. The van der Waals surface area contributed by atoms with Crippen molar-refractivity contribution < 1.29 is 9.32 Å². The van der Waals surface area contributed by atoms with Crippen LogP contribution in [-0.2, 0) is 4.79 Å². The van der Waals surface area contributed by atoms with E-state index in [0.29, 0.717) is 30.6 Å². The van der Waals surface area contributed by atoms with E-state index in [1.54, 1.807) is 0 Å². The summed E-state index contributed by atoms with van der Waals surface area (Å²) in [4.78, 5) is 19.0. The number of aromatic nitrogens is 2. The number of hydrogen-bond donors (Lipinski definition) is 0. The van der Waals surface area contributed by atoms with E-state index < -0.39 is 0 Å². The van der Waals surface area contributed by atoms with E-state index in [1.807, 2.05) is 48.2 Å². The normalized spacial score (nSPS) is 17.1. The zero-order valence-electron chi connectivity index (χ0n) is 15.8. The van der Waals surface area contributed by atoms with E-state index in [2.05, 4.69) is 36.1 Å². The molecule has 0 bridgehead atoms. The molecular weight excluding hydrogens is 338 g/mol. The van der Waals surface area contributed by atoms with Gasteiger partial charge >= 0.3 is 0 Å². The second-order valence-electron chi connectivity index (χ2n) is 7.48. The van der Waals surface area contributed by atoms with Crippen molar-refractivity contribution in [2.45, 2.75) is 39.0 Å². The first-order valence-corrected chi connectivity index (χ1v) is 9.32. The summed E-state index contributed by atoms with van der Waals surface area (Å²) in [6.45, 7) is 6.91. The van der Waals surface area contributed by atoms with Crippen molar-refractivity contribution in [3.05, 3.63) is 65.5 Å². The molecule has 1 aromatic heterocycles. The number of aryl methyl sites for hydroxylation is 1. The smallest absolute Gasteiger partial charge is 0.257 e. The number of carbonyl (C=O) groups excluding carboxylic acids is 1. The molecule has 0 saturated carbocycles. The van der Waals surface area contributed by atoms with E-state index in [0.717, 1.165) is 16.8 Å². The first-order valence-electron chi connectivity index (χ1n) is 9.32. The van der Waals surface area contributed by atoms with Gasteiger partial charge in [-0.3, -0.25) is 4.79 Å². The molecule has 5 heteroatoms. The van der Waals surface area contributed by atoms with Crippen LogP contribution in [0.5, 0.6) is 0 Å². The van der Waals surface area contributed by atoms with Crippen LogP contribution in [0.3, 0.4) is 0 Å². The Hall–Kier alpha value is -2.95. The van der Waals surface area contributed by atoms with Crippen LogP contribution in [0.1, 0.15) is 49.1 Å². The number of anilines is 1. The first kappa shape index (κ1) is 17.5. The van der Waals surface area contributed by atoms with Gasteiger partial charge in [0, 0.05) is 30.1 Å². The summed E-state index contributed by atoms with van der Waals surface area (Å²) in [5.41, 5.74) is 4.21. The van der Waals surface area contributed by atoms with Gasteiger partial charge in [-0.2, -0.15) is 4.98 Å². The van der Waals surface area contributed by atoms with E-state index in [1.165, 1.54) is 5.56 Å². The molecule has 1 amide bonds. The fourth-order valence-electron chi connectivity index (χ4n) is 3.48. The van der Waals surface area contributed by atoms with Crippen LogP contribution in [-0.4, -0.2) is 22.6 Å². The summed E-state index contributed by atoms with van der Waals surface area (Å²) in [7, 11) is 0. The minimum absolute atomic E-state index is 0.0532. The molecule has 0 radical (unpaired) electrons. The van der Waals surface area contributed by atoms with Crippen molar-refractivity contribution in [2.75, 3.05) is 11.4 Å². The molecule has 2 aromatic carbocycles. The Balaban J connectivity index is 1.55. The number of rotatable bonds is 4. The molecule has 1 aliphatic rings. The molecule has 4 rings (SSSR count). The lowest BCUT2D eigenvalue weighted by Gasteiger charge is -2.18. The van der Waals surface area contributed by atoms with Gasteiger partial charge < -0.3 is 9.42 Å². The van der Waals surface area contributed by atoms with Gasteiger partial charge in [-0.15, -0.1) is 0 Å². The van der Waals surface area contributed by atoms with E-state index >= 15 is 0 Å². The average molecular weight is 361 g/mol. The second kappa shape index (κ2) is 6.99. The van der Waals surface area contributed by atoms with Gasteiger partial charge in [0.1, 0.15) is 0 Å². The third-order valence-corrected chi connectivity index (χ3v) is 5.05. The highest BCUT2D eigenvalue weighted by molar-refractivity contribution is 5.96. The van der Waals surface area contributed by atoms with Gasteiger partial charge in [0.15, 0.2) is 5.82 Å². The highest BCUT2D eigenvalue weighted by atomic mass is 16.5. The number of carbonyl (C=O) groups is 1. The van der Waals surface area contributed by atoms with Crippen LogP contribution < -0.4 is 4.90 Å². The third-order valence-electron chi connectivity index (χ3n) is 5.05.